The first kappa shape index (κ1) is 17.2. The van der Waals surface area contributed by atoms with Gasteiger partial charge in [0.25, 0.3) is 5.91 Å². The van der Waals surface area contributed by atoms with Crippen molar-refractivity contribution in [1.29, 1.82) is 0 Å². The number of nitrogens with one attached hydrogen (secondary N) is 1. The molecule has 0 aliphatic heterocycles. The summed E-state index contributed by atoms with van der Waals surface area (Å²) in [5.41, 5.74) is 4.30. The van der Waals surface area contributed by atoms with Crippen LogP contribution in [-0.2, 0) is 14.3 Å². The third kappa shape index (κ3) is 3.73. The SMILES string of the molecule is Cc1ccc(-n2nc(C)c(NC(=O)COC(=O)[C@H]3C[C@H]3C)c2C)cc1. The molecule has 1 heterocycles. The molecule has 1 N–H and O–H groups in total. The molecule has 6 nitrogen and oxygen atoms in total. The second kappa shape index (κ2) is 6.70. The van der Waals surface area contributed by atoms with Crippen molar-refractivity contribution in [2.45, 2.75) is 34.1 Å². The molecule has 6 heteroatoms. The van der Waals surface area contributed by atoms with E-state index in [1.54, 1.807) is 4.68 Å². The number of hydrogen-bond acceptors (Lipinski definition) is 4. The van der Waals surface area contributed by atoms with Gasteiger partial charge in [-0.1, -0.05) is 24.6 Å². The molecule has 0 saturated heterocycles. The van der Waals surface area contributed by atoms with Gasteiger partial charge in [-0.3, -0.25) is 9.59 Å². The van der Waals surface area contributed by atoms with Gasteiger partial charge in [0.05, 0.1) is 28.7 Å². The topological polar surface area (TPSA) is 73.2 Å². The summed E-state index contributed by atoms with van der Waals surface area (Å²) in [7, 11) is 0. The summed E-state index contributed by atoms with van der Waals surface area (Å²) < 4.78 is 6.87. The fourth-order valence-electron chi connectivity index (χ4n) is 2.83. The molecule has 1 saturated carbocycles. The molecular formula is C19H23N3O3. The van der Waals surface area contributed by atoms with Gasteiger partial charge in [-0.2, -0.15) is 5.10 Å². The second-order valence-corrected chi connectivity index (χ2v) is 6.77. The molecule has 2 aromatic rings. The smallest absolute Gasteiger partial charge is 0.309 e. The highest BCUT2D eigenvalue weighted by Crippen LogP contribution is 2.38. The molecule has 1 aromatic carbocycles. The number of carbonyl (C=O) groups excluding carboxylic acids is 2. The lowest BCUT2D eigenvalue weighted by atomic mass is 10.2. The summed E-state index contributed by atoms with van der Waals surface area (Å²) in [6.07, 6.45) is 0.849. The van der Waals surface area contributed by atoms with Gasteiger partial charge in [0.15, 0.2) is 6.61 Å². The first-order chi connectivity index (χ1) is 11.9. The average molecular weight is 341 g/mol. The maximum Gasteiger partial charge on any atom is 0.309 e. The summed E-state index contributed by atoms with van der Waals surface area (Å²) in [5.74, 6) is -0.309. The van der Waals surface area contributed by atoms with Crippen LogP contribution in [0.3, 0.4) is 0 Å². The van der Waals surface area contributed by atoms with Gasteiger partial charge >= 0.3 is 5.97 Å². The van der Waals surface area contributed by atoms with Gasteiger partial charge < -0.3 is 10.1 Å². The number of benzene rings is 1. The van der Waals surface area contributed by atoms with Gasteiger partial charge in [0.2, 0.25) is 0 Å². The molecular weight excluding hydrogens is 318 g/mol. The summed E-state index contributed by atoms with van der Waals surface area (Å²) in [5, 5.41) is 7.31. The summed E-state index contributed by atoms with van der Waals surface area (Å²) in [6.45, 7) is 7.49. The fourth-order valence-corrected chi connectivity index (χ4v) is 2.83. The quantitative estimate of drug-likeness (QED) is 0.849. The minimum atomic E-state index is -0.351. The van der Waals surface area contributed by atoms with E-state index in [-0.39, 0.29) is 24.4 Å². The average Bonchev–Trinajstić information content (AvgIpc) is 3.25. The van der Waals surface area contributed by atoms with E-state index in [0.29, 0.717) is 17.3 Å². The van der Waals surface area contributed by atoms with E-state index in [1.807, 2.05) is 52.0 Å². The van der Waals surface area contributed by atoms with Crippen LogP contribution in [0.15, 0.2) is 24.3 Å². The van der Waals surface area contributed by atoms with Crippen molar-refractivity contribution in [3.8, 4) is 5.69 Å². The van der Waals surface area contributed by atoms with Crippen molar-refractivity contribution in [2.75, 3.05) is 11.9 Å². The Hall–Kier alpha value is -2.63. The lowest BCUT2D eigenvalue weighted by Crippen LogP contribution is -2.22. The van der Waals surface area contributed by atoms with E-state index in [9.17, 15) is 9.59 Å². The van der Waals surface area contributed by atoms with Gasteiger partial charge in [-0.15, -0.1) is 0 Å². The van der Waals surface area contributed by atoms with Gasteiger partial charge in [-0.25, -0.2) is 4.68 Å². The first-order valence-corrected chi connectivity index (χ1v) is 8.46. The van der Waals surface area contributed by atoms with Gasteiger partial charge in [0.1, 0.15) is 0 Å². The van der Waals surface area contributed by atoms with Crippen LogP contribution < -0.4 is 5.32 Å². The van der Waals surface area contributed by atoms with E-state index < -0.39 is 0 Å². The van der Waals surface area contributed by atoms with Crippen LogP contribution >= 0.6 is 0 Å². The lowest BCUT2D eigenvalue weighted by molar-refractivity contribution is -0.148. The zero-order chi connectivity index (χ0) is 18.1. The molecule has 0 radical (unpaired) electrons. The van der Waals surface area contributed by atoms with E-state index in [2.05, 4.69) is 10.4 Å². The van der Waals surface area contributed by atoms with Crippen molar-refractivity contribution < 1.29 is 14.3 Å². The third-order valence-corrected chi connectivity index (χ3v) is 4.59. The molecule has 1 aromatic heterocycles. The van der Waals surface area contributed by atoms with E-state index in [1.165, 1.54) is 5.56 Å². The number of rotatable bonds is 5. The monoisotopic (exact) mass is 341 g/mol. The van der Waals surface area contributed by atoms with Gasteiger partial charge in [-0.05, 0) is 45.2 Å². The minimum Gasteiger partial charge on any atom is -0.455 e. The Bertz CT molecular complexity index is 808. The third-order valence-electron chi connectivity index (χ3n) is 4.59. The Morgan fingerprint density at radius 3 is 2.48 bits per heavy atom. The van der Waals surface area contributed by atoms with Gasteiger partial charge in [0, 0.05) is 0 Å². The standard InChI is InChI=1S/C19H23N3O3/c1-11-5-7-15(8-6-11)22-14(4)18(13(3)21-22)20-17(23)10-25-19(24)16-9-12(16)2/h5-8,12,16H,9-10H2,1-4H3,(H,20,23)/t12-,16+/m1/s1. The first-order valence-electron chi connectivity index (χ1n) is 8.46. The Kier molecular flexibility index (Phi) is 4.61. The van der Waals surface area contributed by atoms with Crippen LogP contribution in [0, 0.1) is 32.6 Å². The number of ether oxygens (including phenoxy) is 1. The fraction of sp³-hybridized carbons (Fsp3) is 0.421. The number of aromatic nitrogens is 2. The van der Waals surface area contributed by atoms with Crippen LogP contribution in [0.25, 0.3) is 5.69 Å². The normalized spacial score (nSPS) is 18.7. The molecule has 1 aliphatic rings. The molecule has 132 valence electrons. The molecule has 2 atom stereocenters. The van der Waals surface area contributed by atoms with Crippen LogP contribution in [0.2, 0.25) is 0 Å². The van der Waals surface area contributed by atoms with Crippen LogP contribution in [0.5, 0.6) is 0 Å². The highest BCUT2D eigenvalue weighted by atomic mass is 16.5. The molecule has 0 bridgehead atoms. The number of aryl methyl sites for hydroxylation is 2. The van der Waals surface area contributed by atoms with Crippen molar-refractivity contribution in [3.05, 3.63) is 41.2 Å². The number of nitrogens with zero attached hydrogens (tertiary/aromatic N) is 2. The lowest BCUT2D eigenvalue weighted by Gasteiger charge is -2.08. The Balaban J connectivity index is 1.67. The molecule has 3 rings (SSSR count). The maximum atomic E-state index is 12.1. The predicted octanol–water partition coefficient (Wildman–Crippen LogP) is 2.94. The Morgan fingerprint density at radius 2 is 1.88 bits per heavy atom. The summed E-state index contributed by atoms with van der Waals surface area (Å²) >= 11 is 0. The van der Waals surface area contributed by atoms with Crippen LogP contribution in [0.1, 0.15) is 30.3 Å². The zero-order valence-corrected chi connectivity index (χ0v) is 15.0. The zero-order valence-electron chi connectivity index (χ0n) is 15.0. The van der Waals surface area contributed by atoms with Crippen molar-refractivity contribution >= 4 is 17.6 Å². The predicted molar refractivity (Wildman–Crippen MR) is 94.6 cm³/mol. The highest BCUT2D eigenvalue weighted by Gasteiger charge is 2.40. The minimum absolute atomic E-state index is 0.0411. The molecule has 25 heavy (non-hydrogen) atoms. The number of anilines is 1. The van der Waals surface area contributed by atoms with Crippen LogP contribution in [-0.4, -0.2) is 28.3 Å². The van der Waals surface area contributed by atoms with Crippen LogP contribution in [0.4, 0.5) is 5.69 Å². The molecule has 1 fully saturated rings. The highest BCUT2D eigenvalue weighted by molar-refractivity contribution is 5.94. The maximum absolute atomic E-state index is 12.1. The number of esters is 1. The Labute approximate surface area is 147 Å². The molecule has 0 unspecified atom stereocenters. The Morgan fingerprint density at radius 1 is 1.24 bits per heavy atom. The van der Waals surface area contributed by atoms with E-state index in [4.69, 9.17) is 4.74 Å². The van der Waals surface area contributed by atoms with Crippen molar-refractivity contribution in [3.63, 3.8) is 0 Å². The molecule has 1 amide bonds. The molecule has 1 aliphatic carbocycles. The number of hydrogen-bond donors (Lipinski definition) is 1. The summed E-state index contributed by atoms with van der Waals surface area (Å²) in [4.78, 5) is 23.8. The van der Waals surface area contributed by atoms with E-state index in [0.717, 1.165) is 17.8 Å². The van der Waals surface area contributed by atoms with Crippen molar-refractivity contribution in [2.24, 2.45) is 11.8 Å². The van der Waals surface area contributed by atoms with E-state index >= 15 is 0 Å². The second-order valence-electron chi connectivity index (χ2n) is 6.77. The summed E-state index contributed by atoms with van der Waals surface area (Å²) in [6, 6.07) is 8.00. The largest absolute Gasteiger partial charge is 0.455 e. The van der Waals surface area contributed by atoms with Crippen molar-refractivity contribution in [1.82, 2.24) is 9.78 Å². The number of carbonyl (C=O) groups is 2. The molecule has 0 spiro atoms. The number of amides is 1.